The number of hydrogen-bond donors (Lipinski definition) is 1. The molecule has 5 heteroatoms. The second kappa shape index (κ2) is 7.72. The van der Waals surface area contributed by atoms with Crippen LogP contribution in [0.1, 0.15) is 39.8 Å². The van der Waals surface area contributed by atoms with E-state index in [1.165, 1.54) is 0 Å². The maximum absolute atomic E-state index is 11.5. The van der Waals surface area contributed by atoms with Crippen molar-refractivity contribution in [2.24, 2.45) is 0 Å². The van der Waals surface area contributed by atoms with E-state index in [0.29, 0.717) is 6.54 Å². The Morgan fingerprint density at radius 1 is 1.50 bits per heavy atom. The van der Waals surface area contributed by atoms with Crippen LogP contribution in [0.5, 0.6) is 0 Å². The molecule has 0 aliphatic carbocycles. The number of carbonyl (C=O) groups excluding carboxylic acids is 1. The zero-order chi connectivity index (χ0) is 15.0. The van der Waals surface area contributed by atoms with Gasteiger partial charge in [-0.3, -0.25) is 0 Å². The van der Waals surface area contributed by atoms with Crippen LogP contribution in [0.2, 0.25) is 0 Å². The van der Waals surface area contributed by atoms with Crippen LogP contribution in [0.25, 0.3) is 0 Å². The first-order valence-electron chi connectivity index (χ1n) is 6.99. The quantitative estimate of drug-likeness (QED) is 0.815. The fourth-order valence-electron chi connectivity index (χ4n) is 1.74. The number of hydrogen-bond acceptors (Lipinski definition) is 3. The molecule has 1 amide bonds. The van der Waals surface area contributed by atoms with Gasteiger partial charge in [-0.25, -0.2) is 9.78 Å². The molecule has 0 aromatic carbocycles. The zero-order valence-corrected chi connectivity index (χ0v) is 12.8. The van der Waals surface area contributed by atoms with Crippen molar-refractivity contribution in [2.45, 2.75) is 52.7 Å². The number of nitrogens with zero attached hydrogens (tertiary/aromatic N) is 2. The van der Waals surface area contributed by atoms with Crippen molar-refractivity contribution in [3.8, 4) is 0 Å². The Bertz CT molecular complexity index is 444. The number of ether oxygens (including phenoxy) is 1. The van der Waals surface area contributed by atoms with E-state index in [0.717, 1.165) is 25.1 Å². The van der Waals surface area contributed by atoms with Crippen LogP contribution >= 0.6 is 0 Å². The van der Waals surface area contributed by atoms with Crippen molar-refractivity contribution < 1.29 is 9.53 Å². The van der Waals surface area contributed by atoms with Crippen LogP contribution in [-0.2, 0) is 17.7 Å². The summed E-state index contributed by atoms with van der Waals surface area (Å²) in [5.41, 5.74) is 0.656. The lowest BCUT2D eigenvalue weighted by Gasteiger charge is -2.19. The van der Waals surface area contributed by atoms with Gasteiger partial charge in [0.05, 0.1) is 6.33 Å². The first-order chi connectivity index (χ1) is 9.42. The molecule has 112 valence electrons. The summed E-state index contributed by atoms with van der Waals surface area (Å²) in [7, 11) is 0. The topological polar surface area (TPSA) is 56.2 Å². The van der Waals surface area contributed by atoms with E-state index in [2.05, 4.69) is 20.9 Å². The maximum atomic E-state index is 11.5. The molecular weight excluding hydrogens is 254 g/mol. The molecule has 0 saturated heterocycles. The van der Waals surface area contributed by atoms with Crippen LogP contribution in [0.3, 0.4) is 0 Å². The lowest BCUT2D eigenvalue weighted by Crippen LogP contribution is -2.33. The van der Waals surface area contributed by atoms with Gasteiger partial charge in [-0.05, 0) is 34.1 Å². The van der Waals surface area contributed by atoms with Gasteiger partial charge in [0.25, 0.3) is 0 Å². The molecule has 20 heavy (non-hydrogen) atoms. The molecular formula is C15H25N3O2. The van der Waals surface area contributed by atoms with Crippen molar-refractivity contribution in [1.82, 2.24) is 14.9 Å². The number of rotatable bonds is 6. The van der Waals surface area contributed by atoms with Gasteiger partial charge in [0.1, 0.15) is 5.60 Å². The highest BCUT2D eigenvalue weighted by Crippen LogP contribution is 2.06. The average molecular weight is 279 g/mol. The average Bonchev–Trinajstić information content (AvgIpc) is 2.75. The van der Waals surface area contributed by atoms with Crippen LogP contribution < -0.4 is 5.32 Å². The summed E-state index contributed by atoms with van der Waals surface area (Å²) >= 11 is 0. The summed E-state index contributed by atoms with van der Waals surface area (Å²) in [6.45, 7) is 9.02. The van der Waals surface area contributed by atoms with E-state index < -0.39 is 5.60 Å². The molecule has 0 bridgehead atoms. The molecule has 0 spiro atoms. The molecule has 0 aliphatic heterocycles. The smallest absolute Gasteiger partial charge is 0.407 e. The van der Waals surface area contributed by atoms with Gasteiger partial charge < -0.3 is 14.6 Å². The van der Waals surface area contributed by atoms with Crippen molar-refractivity contribution in [3.63, 3.8) is 0 Å². The van der Waals surface area contributed by atoms with Crippen molar-refractivity contribution >= 4 is 6.09 Å². The van der Waals surface area contributed by atoms with Crippen molar-refractivity contribution in [3.05, 3.63) is 30.4 Å². The molecule has 0 saturated carbocycles. The van der Waals surface area contributed by atoms with Gasteiger partial charge in [0.2, 0.25) is 0 Å². The minimum atomic E-state index is -0.460. The molecule has 0 atom stereocenters. The van der Waals surface area contributed by atoms with Crippen molar-refractivity contribution in [2.75, 3.05) is 6.54 Å². The summed E-state index contributed by atoms with van der Waals surface area (Å²) in [5, 5.41) is 2.76. The Kier molecular flexibility index (Phi) is 6.28. The van der Waals surface area contributed by atoms with E-state index in [1.807, 2.05) is 46.3 Å². The van der Waals surface area contributed by atoms with Gasteiger partial charge in [-0.1, -0.05) is 12.2 Å². The molecule has 1 aromatic heterocycles. The predicted molar refractivity (Wildman–Crippen MR) is 79.6 cm³/mol. The molecule has 5 nitrogen and oxygen atoms in total. The monoisotopic (exact) mass is 279 g/mol. The lowest BCUT2D eigenvalue weighted by molar-refractivity contribution is 0.0528. The number of allylic oxidation sites excluding steroid dienone is 2. The Morgan fingerprint density at radius 3 is 2.90 bits per heavy atom. The third-order valence-electron chi connectivity index (χ3n) is 2.62. The number of amides is 1. The maximum Gasteiger partial charge on any atom is 0.407 e. The first-order valence-corrected chi connectivity index (χ1v) is 6.99. The van der Waals surface area contributed by atoms with Crippen molar-refractivity contribution in [1.29, 1.82) is 0 Å². The minimum absolute atomic E-state index is 0.377. The Labute approximate surface area is 121 Å². The van der Waals surface area contributed by atoms with Gasteiger partial charge in [0.15, 0.2) is 0 Å². The Balaban J connectivity index is 2.35. The van der Waals surface area contributed by atoms with E-state index in [9.17, 15) is 4.79 Å². The third kappa shape index (κ3) is 6.41. The molecule has 1 aromatic rings. The molecule has 1 rings (SSSR count). The van der Waals surface area contributed by atoms with Crippen LogP contribution in [0, 0.1) is 0 Å². The minimum Gasteiger partial charge on any atom is -0.444 e. The van der Waals surface area contributed by atoms with E-state index >= 15 is 0 Å². The summed E-state index contributed by atoms with van der Waals surface area (Å²) in [4.78, 5) is 15.7. The number of imidazole rings is 1. The largest absolute Gasteiger partial charge is 0.444 e. The van der Waals surface area contributed by atoms with Gasteiger partial charge >= 0.3 is 6.09 Å². The molecule has 0 radical (unpaired) electrons. The number of carbonyl (C=O) groups is 1. The van der Waals surface area contributed by atoms with Gasteiger partial charge in [-0.2, -0.15) is 0 Å². The molecule has 1 N–H and O–H groups in total. The molecule has 0 aliphatic rings. The first kappa shape index (κ1) is 16.3. The second-order valence-corrected chi connectivity index (χ2v) is 5.61. The molecule has 0 fully saturated rings. The lowest BCUT2D eigenvalue weighted by atomic mass is 10.2. The fourth-order valence-corrected chi connectivity index (χ4v) is 1.74. The van der Waals surface area contributed by atoms with E-state index in [4.69, 9.17) is 4.74 Å². The van der Waals surface area contributed by atoms with Gasteiger partial charge in [0, 0.05) is 31.4 Å². The summed E-state index contributed by atoms with van der Waals surface area (Å²) < 4.78 is 7.29. The number of alkyl carbamates (subject to hydrolysis) is 1. The highest BCUT2D eigenvalue weighted by atomic mass is 16.6. The van der Waals surface area contributed by atoms with Gasteiger partial charge in [-0.15, -0.1) is 0 Å². The predicted octanol–water partition coefficient (Wildman–Crippen LogP) is 2.92. The second-order valence-electron chi connectivity index (χ2n) is 5.61. The fraction of sp³-hybridized carbons (Fsp3) is 0.600. The normalized spacial score (nSPS) is 11.8. The highest BCUT2D eigenvalue weighted by molar-refractivity contribution is 5.67. The summed E-state index contributed by atoms with van der Waals surface area (Å²) in [5.74, 6) is 0. The number of nitrogens with one attached hydrogen (secondary N) is 1. The zero-order valence-electron chi connectivity index (χ0n) is 12.8. The van der Waals surface area contributed by atoms with Crippen LogP contribution in [0.4, 0.5) is 4.79 Å². The number of aryl methyl sites for hydroxylation is 1. The van der Waals surface area contributed by atoms with E-state index in [-0.39, 0.29) is 6.09 Å². The molecule has 1 heterocycles. The molecule has 0 unspecified atom stereocenters. The van der Waals surface area contributed by atoms with E-state index in [1.54, 1.807) is 0 Å². The SMILES string of the molecule is C/C=C/CCn1cncc1CCNC(=O)OC(C)(C)C. The summed E-state index contributed by atoms with van der Waals surface area (Å²) in [6, 6.07) is 0. The summed E-state index contributed by atoms with van der Waals surface area (Å²) in [6.07, 6.45) is 9.19. The highest BCUT2D eigenvalue weighted by Gasteiger charge is 2.15. The Hall–Kier alpha value is -1.78. The Morgan fingerprint density at radius 2 is 2.25 bits per heavy atom. The third-order valence-corrected chi connectivity index (χ3v) is 2.62. The van der Waals surface area contributed by atoms with Crippen LogP contribution in [-0.4, -0.2) is 27.8 Å². The standard InChI is InChI=1S/C15H25N3O2/c1-5-6-7-10-18-12-16-11-13(18)8-9-17-14(19)20-15(2,3)4/h5-6,11-12H,7-10H2,1-4H3,(H,17,19)/b6-5+. The van der Waals surface area contributed by atoms with Crippen LogP contribution in [0.15, 0.2) is 24.7 Å². The number of aromatic nitrogens is 2.